The minimum Gasteiger partial charge on any atom is -0.489 e. The summed E-state index contributed by atoms with van der Waals surface area (Å²) in [6.45, 7) is 4.87. The van der Waals surface area contributed by atoms with E-state index in [9.17, 15) is 22.8 Å². The van der Waals surface area contributed by atoms with Gasteiger partial charge in [0.05, 0.1) is 5.92 Å². The monoisotopic (exact) mass is 590 g/mol. The van der Waals surface area contributed by atoms with Crippen LogP contribution in [0.3, 0.4) is 0 Å². The van der Waals surface area contributed by atoms with Crippen molar-refractivity contribution in [3.63, 3.8) is 0 Å². The number of benzene rings is 4. The molecular weight excluding hydrogens is 557 g/mol. The lowest BCUT2D eigenvalue weighted by molar-refractivity contribution is -0.274. The fourth-order valence-corrected chi connectivity index (χ4v) is 4.43. The molecule has 0 bridgehead atoms. The lowest BCUT2D eigenvalue weighted by Crippen LogP contribution is -2.24. The van der Waals surface area contributed by atoms with Crippen LogP contribution in [0.4, 0.5) is 18.9 Å². The van der Waals surface area contributed by atoms with Crippen LogP contribution in [-0.4, -0.2) is 24.7 Å². The maximum absolute atomic E-state index is 13.5. The number of ether oxygens (including phenoxy) is 2. The van der Waals surface area contributed by atoms with E-state index in [0.29, 0.717) is 30.0 Å². The van der Waals surface area contributed by atoms with Crippen molar-refractivity contribution in [2.75, 3.05) is 11.9 Å². The van der Waals surface area contributed by atoms with Crippen molar-refractivity contribution in [3.05, 3.63) is 125 Å². The second kappa shape index (κ2) is 14.4. The Hall–Kier alpha value is -4.79. The number of rotatable bonds is 12. The first-order valence-corrected chi connectivity index (χ1v) is 13.9. The molecule has 0 aliphatic carbocycles. The molecule has 0 fully saturated rings. The molecule has 0 heterocycles. The van der Waals surface area contributed by atoms with Gasteiger partial charge in [0.1, 0.15) is 18.1 Å². The third-order valence-corrected chi connectivity index (χ3v) is 6.73. The van der Waals surface area contributed by atoms with E-state index in [-0.39, 0.29) is 24.0 Å². The smallest absolute Gasteiger partial charge is 0.489 e. The summed E-state index contributed by atoms with van der Waals surface area (Å²) in [7, 11) is 0. The molecular formula is C34H33F3N2O4. The summed E-state index contributed by atoms with van der Waals surface area (Å²) in [5, 5.41) is 5.74. The third kappa shape index (κ3) is 9.36. The van der Waals surface area contributed by atoms with Crippen LogP contribution in [0.5, 0.6) is 11.5 Å². The van der Waals surface area contributed by atoms with Crippen molar-refractivity contribution >= 4 is 17.5 Å². The van der Waals surface area contributed by atoms with Crippen LogP contribution in [-0.2, 0) is 17.8 Å². The summed E-state index contributed by atoms with van der Waals surface area (Å²) in [4.78, 5) is 25.8. The molecule has 0 spiro atoms. The van der Waals surface area contributed by atoms with E-state index in [1.54, 1.807) is 36.4 Å². The number of hydrogen-bond acceptors (Lipinski definition) is 4. The van der Waals surface area contributed by atoms with Crippen molar-refractivity contribution < 1.29 is 32.2 Å². The summed E-state index contributed by atoms with van der Waals surface area (Å²) in [5.74, 6) is -0.831. The third-order valence-electron chi connectivity index (χ3n) is 6.73. The Morgan fingerprint density at radius 2 is 1.49 bits per heavy atom. The SMILES string of the molecule is CCCNC(=O)c1ccc(CC(C(=O)Nc2ccc(COc3ccccc3C)cc2)c2ccc(OC(F)(F)F)cc2)cc1. The van der Waals surface area contributed by atoms with Crippen LogP contribution in [0, 0.1) is 6.92 Å². The first kappa shape index (κ1) is 31.2. The highest BCUT2D eigenvalue weighted by Gasteiger charge is 2.31. The number of anilines is 1. The predicted octanol–water partition coefficient (Wildman–Crippen LogP) is 7.58. The molecule has 0 radical (unpaired) electrons. The molecule has 0 aliphatic rings. The number of nitrogens with one attached hydrogen (secondary N) is 2. The predicted molar refractivity (Wildman–Crippen MR) is 159 cm³/mol. The molecule has 0 saturated heterocycles. The summed E-state index contributed by atoms with van der Waals surface area (Å²) in [6.07, 6.45) is -3.75. The molecule has 4 aromatic rings. The van der Waals surface area contributed by atoms with Gasteiger partial charge in [-0.15, -0.1) is 13.2 Å². The first-order valence-electron chi connectivity index (χ1n) is 13.9. The number of amides is 2. The van der Waals surface area contributed by atoms with Crippen molar-refractivity contribution in [3.8, 4) is 11.5 Å². The summed E-state index contributed by atoms with van der Waals surface area (Å²) >= 11 is 0. The van der Waals surface area contributed by atoms with E-state index in [2.05, 4.69) is 15.4 Å². The highest BCUT2D eigenvalue weighted by Crippen LogP contribution is 2.28. The minimum atomic E-state index is -4.82. The second-order valence-corrected chi connectivity index (χ2v) is 10.1. The molecule has 0 aliphatic heterocycles. The van der Waals surface area contributed by atoms with Gasteiger partial charge in [-0.25, -0.2) is 0 Å². The van der Waals surface area contributed by atoms with Gasteiger partial charge in [0, 0.05) is 17.8 Å². The number of halogens is 3. The quantitative estimate of drug-likeness (QED) is 0.178. The van der Waals surface area contributed by atoms with E-state index in [0.717, 1.165) is 28.9 Å². The van der Waals surface area contributed by atoms with E-state index in [1.165, 1.54) is 24.3 Å². The number of carbonyl (C=O) groups excluding carboxylic acids is 2. The largest absolute Gasteiger partial charge is 0.573 e. The van der Waals surface area contributed by atoms with Gasteiger partial charge in [0.15, 0.2) is 0 Å². The zero-order valence-electron chi connectivity index (χ0n) is 23.9. The highest BCUT2D eigenvalue weighted by molar-refractivity contribution is 5.96. The van der Waals surface area contributed by atoms with Crippen LogP contribution in [0.15, 0.2) is 97.1 Å². The average molecular weight is 591 g/mol. The van der Waals surface area contributed by atoms with Crippen molar-refractivity contribution in [2.24, 2.45) is 0 Å². The average Bonchev–Trinajstić information content (AvgIpc) is 2.99. The number of carbonyl (C=O) groups is 2. The molecule has 1 atom stereocenters. The topological polar surface area (TPSA) is 76.7 Å². The molecule has 1 unspecified atom stereocenters. The second-order valence-electron chi connectivity index (χ2n) is 10.1. The Morgan fingerprint density at radius 3 is 2.12 bits per heavy atom. The molecule has 2 amide bonds. The Labute approximate surface area is 248 Å². The Bertz CT molecular complexity index is 1500. The van der Waals surface area contributed by atoms with Crippen LogP contribution in [0.25, 0.3) is 0 Å². The maximum Gasteiger partial charge on any atom is 0.573 e. The fraction of sp³-hybridized carbons (Fsp3) is 0.235. The molecule has 4 rings (SSSR count). The molecule has 4 aromatic carbocycles. The van der Waals surface area contributed by atoms with Crippen molar-refractivity contribution in [1.29, 1.82) is 0 Å². The molecule has 43 heavy (non-hydrogen) atoms. The van der Waals surface area contributed by atoms with Crippen LogP contribution < -0.4 is 20.1 Å². The van der Waals surface area contributed by atoms with Gasteiger partial charge < -0.3 is 20.1 Å². The van der Waals surface area contributed by atoms with Gasteiger partial charge in [0.25, 0.3) is 5.91 Å². The zero-order valence-corrected chi connectivity index (χ0v) is 23.9. The Kier molecular flexibility index (Phi) is 10.4. The number of aryl methyl sites for hydroxylation is 1. The molecule has 6 nitrogen and oxygen atoms in total. The van der Waals surface area contributed by atoms with Gasteiger partial charge in [-0.05, 0) is 84.5 Å². The van der Waals surface area contributed by atoms with E-state index in [1.807, 2.05) is 50.2 Å². The van der Waals surface area contributed by atoms with Gasteiger partial charge in [-0.2, -0.15) is 0 Å². The molecule has 0 aromatic heterocycles. The Balaban J connectivity index is 1.48. The Morgan fingerprint density at radius 1 is 0.837 bits per heavy atom. The van der Waals surface area contributed by atoms with Crippen LogP contribution in [0.2, 0.25) is 0 Å². The number of hydrogen-bond donors (Lipinski definition) is 2. The van der Waals surface area contributed by atoms with Crippen molar-refractivity contribution in [2.45, 2.75) is 45.6 Å². The molecule has 9 heteroatoms. The lowest BCUT2D eigenvalue weighted by atomic mass is 9.90. The van der Waals surface area contributed by atoms with E-state index in [4.69, 9.17) is 4.74 Å². The molecule has 2 N–H and O–H groups in total. The minimum absolute atomic E-state index is 0.185. The highest BCUT2D eigenvalue weighted by atomic mass is 19.4. The van der Waals surface area contributed by atoms with Gasteiger partial charge >= 0.3 is 6.36 Å². The van der Waals surface area contributed by atoms with Crippen LogP contribution in [0.1, 0.15) is 51.9 Å². The van der Waals surface area contributed by atoms with Crippen molar-refractivity contribution in [1.82, 2.24) is 5.32 Å². The summed E-state index contributed by atoms with van der Waals surface area (Å²) < 4.78 is 47.9. The van der Waals surface area contributed by atoms with Gasteiger partial charge in [0.2, 0.25) is 5.91 Å². The lowest BCUT2D eigenvalue weighted by Gasteiger charge is -2.19. The molecule has 224 valence electrons. The summed E-state index contributed by atoms with van der Waals surface area (Å²) in [6, 6.07) is 27.2. The van der Waals surface area contributed by atoms with E-state index >= 15 is 0 Å². The summed E-state index contributed by atoms with van der Waals surface area (Å²) in [5.41, 5.74) is 4.31. The number of para-hydroxylation sites is 1. The van der Waals surface area contributed by atoms with Crippen LogP contribution >= 0.6 is 0 Å². The van der Waals surface area contributed by atoms with E-state index < -0.39 is 12.3 Å². The number of alkyl halides is 3. The normalized spacial score (nSPS) is 11.8. The van der Waals surface area contributed by atoms with Gasteiger partial charge in [-0.3, -0.25) is 9.59 Å². The standard InChI is InChI=1S/C34H33F3N2O4/c1-3-20-38-32(40)27-12-8-24(9-13-27)21-30(26-14-18-29(19-15-26)43-34(35,36)37)33(41)39-28-16-10-25(11-17-28)22-42-31-7-5-4-6-23(31)2/h4-19,30H,3,20-22H2,1-2H3,(H,38,40)(H,39,41). The van der Waals surface area contributed by atoms with Gasteiger partial charge in [-0.1, -0.05) is 61.5 Å². The molecule has 0 saturated carbocycles. The maximum atomic E-state index is 13.5. The fourth-order valence-electron chi connectivity index (χ4n) is 4.43. The first-order chi connectivity index (χ1) is 20.6. The zero-order chi connectivity index (χ0) is 30.8.